The average Bonchev–Trinajstić information content (AvgIpc) is 3.15. The molecule has 0 unspecified atom stereocenters. The van der Waals surface area contributed by atoms with Crippen molar-refractivity contribution >= 4 is 21.4 Å². The zero-order valence-corrected chi connectivity index (χ0v) is 16.5. The van der Waals surface area contributed by atoms with E-state index in [4.69, 9.17) is 9.47 Å². The minimum absolute atomic E-state index is 0.0303. The summed E-state index contributed by atoms with van der Waals surface area (Å²) in [6, 6.07) is 8.21. The molecule has 6 nitrogen and oxygen atoms in total. The molecule has 1 aliphatic heterocycles. The van der Waals surface area contributed by atoms with Crippen molar-refractivity contribution in [1.29, 1.82) is 0 Å². The summed E-state index contributed by atoms with van der Waals surface area (Å²) in [5.74, 6) is -0.770. The molecule has 1 saturated heterocycles. The number of anilines is 1. The Morgan fingerprint density at radius 2 is 2.07 bits per heavy atom. The van der Waals surface area contributed by atoms with Gasteiger partial charge < -0.3 is 14.8 Å². The molecule has 0 saturated carbocycles. The number of halogens is 1. The van der Waals surface area contributed by atoms with Crippen molar-refractivity contribution in [3.8, 4) is 5.75 Å². The third-order valence-corrected chi connectivity index (χ3v) is 6.57. The predicted molar refractivity (Wildman–Crippen MR) is 103 cm³/mol. The van der Waals surface area contributed by atoms with Crippen molar-refractivity contribution in [2.24, 2.45) is 5.92 Å². The summed E-state index contributed by atoms with van der Waals surface area (Å²) in [6.45, 7) is 2.65. The lowest BCUT2D eigenvalue weighted by Crippen LogP contribution is -2.18. The number of aryl methyl sites for hydroxylation is 1. The summed E-state index contributed by atoms with van der Waals surface area (Å²) in [5.41, 5.74) is 1.08. The van der Waals surface area contributed by atoms with E-state index in [9.17, 15) is 17.6 Å². The second kappa shape index (κ2) is 8.28. The van der Waals surface area contributed by atoms with Crippen molar-refractivity contribution in [3.63, 3.8) is 0 Å². The standard InChI is InChI=1S/C20H22FNO5S/c1-13-9-15(21)3-5-18(13)22-20(23)17-10-16(4-6-19(17)26-2)28(24,25)12-14-7-8-27-11-14/h3-6,9-10,14H,7-8,11-12H2,1-2H3,(H,22,23)/t14-/m0/s1. The van der Waals surface area contributed by atoms with Crippen LogP contribution in [0, 0.1) is 18.7 Å². The highest BCUT2D eigenvalue weighted by molar-refractivity contribution is 7.91. The van der Waals surface area contributed by atoms with Crippen LogP contribution < -0.4 is 10.1 Å². The van der Waals surface area contributed by atoms with E-state index in [0.29, 0.717) is 30.9 Å². The molecule has 8 heteroatoms. The van der Waals surface area contributed by atoms with Gasteiger partial charge in [-0.25, -0.2) is 12.8 Å². The first-order valence-corrected chi connectivity index (χ1v) is 10.5. The number of ether oxygens (including phenoxy) is 2. The van der Waals surface area contributed by atoms with Gasteiger partial charge in [-0.15, -0.1) is 0 Å². The molecule has 3 rings (SSSR count). The first kappa shape index (κ1) is 20.3. The number of methoxy groups -OCH3 is 1. The number of carbonyl (C=O) groups excluding carboxylic acids is 1. The Labute approximate surface area is 163 Å². The third kappa shape index (κ3) is 4.51. The first-order chi connectivity index (χ1) is 13.3. The number of nitrogens with one attached hydrogen (secondary N) is 1. The maximum atomic E-state index is 13.3. The Bertz CT molecular complexity index is 984. The van der Waals surface area contributed by atoms with E-state index in [-0.39, 0.29) is 27.9 Å². The second-order valence-electron chi connectivity index (χ2n) is 6.79. The van der Waals surface area contributed by atoms with Crippen LogP contribution in [0.3, 0.4) is 0 Å². The van der Waals surface area contributed by atoms with E-state index in [0.717, 1.165) is 0 Å². The van der Waals surface area contributed by atoms with Gasteiger partial charge >= 0.3 is 0 Å². The van der Waals surface area contributed by atoms with Crippen molar-refractivity contribution in [1.82, 2.24) is 0 Å². The van der Waals surface area contributed by atoms with Gasteiger partial charge in [0.25, 0.3) is 5.91 Å². The van der Waals surface area contributed by atoms with Gasteiger partial charge in [-0.2, -0.15) is 0 Å². The van der Waals surface area contributed by atoms with Gasteiger partial charge in [-0.1, -0.05) is 0 Å². The molecule has 1 aliphatic rings. The molecule has 2 aromatic rings. The molecule has 150 valence electrons. The Morgan fingerprint density at radius 3 is 2.71 bits per heavy atom. The Kier molecular flexibility index (Phi) is 6.00. The van der Waals surface area contributed by atoms with Crippen LogP contribution in [0.15, 0.2) is 41.3 Å². The van der Waals surface area contributed by atoms with Crippen LogP contribution in [-0.2, 0) is 14.6 Å². The molecule has 1 N–H and O–H groups in total. The smallest absolute Gasteiger partial charge is 0.259 e. The number of sulfone groups is 1. The summed E-state index contributed by atoms with van der Waals surface area (Å²) in [5, 5.41) is 2.68. The first-order valence-electron chi connectivity index (χ1n) is 8.86. The lowest BCUT2D eigenvalue weighted by molar-refractivity contribution is 0.102. The normalized spacial score (nSPS) is 16.8. The minimum atomic E-state index is -3.58. The number of hydrogen-bond donors (Lipinski definition) is 1. The number of rotatable bonds is 6. The van der Waals surface area contributed by atoms with Gasteiger partial charge in [0.2, 0.25) is 0 Å². The van der Waals surface area contributed by atoms with E-state index in [1.165, 1.54) is 43.5 Å². The molecule has 1 fully saturated rings. The molecule has 0 aromatic heterocycles. The van der Waals surface area contributed by atoms with Crippen LogP contribution in [0.1, 0.15) is 22.3 Å². The summed E-state index contributed by atoms with van der Waals surface area (Å²) >= 11 is 0. The maximum Gasteiger partial charge on any atom is 0.259 e. The molecule has 0 bridgehead atoms. The van der Waals surface area contributed by atoms with Crippen molar-refractivity contribution in [3.05, 3.63) is 53.3 Å². The average molecular weight is 407 g/mol. The molecular formula is C20H22FNO5S. The molecule has 28 heavy (non-hydrogen) atoms. The van der Waals surface area contributed by atoms with Crippen LogP contribution in [0.2, 0.25) is 0 Å². The summed E-state index contributed by atoms with van der Waals surface area (Å²) in [6.07, 6.45) is 0.701. The van der Waals surface area contributed by atoms with Crippen LogP contribution in [0.4, 0.5) is 10.1 Å². The highest BCUT2D eigenvalue weighted by atomic mass is 32.2. The van der Waals surface area contributed by atoms with Crippen molar-refractivity contribution in [2.75, 3.05) is 31.4 Å². The van der Waals surface area contributed by atoms with E-state index < -0.39 is 21.6 Å². The molecule has 0 aliphatic carbocycles. The van der Waals surface area contributed by atoms with Gasteiger partial charge in [0.05, 0.1) is 29.9 Å². The van der Waals surface area contributed by atoms with Gasteiger partial charge in [-0.05, 0) is 61.2 Å². The van der Waals surface area contributed by atoms with Crippen LogP contribution >= 0.6 is 0 Å². The van der Waals surface area contributed by atoms with E-state index in [1.807, 2.05) is 0 Å². The Morgan fingerprint density at radius 1 is 1.29 bits per heavy atom. The van der Waals surface area contributed by atoms with Crippen LogP contribution in [0.5, 0.6) is 5.75 Å². The summed E-state index contributed by atoms with van der Waals surface area (Å²) in [7, 11) is -2.17. The van der Waals surface area contributed by atoms with Crippen LogP contribution in [0.25, 0.3) is 0 Å². The molecular weight excluding hydrogens is 385 g/mol. The number of carbonyl (C=O) groups is 1. The summed E-state index contributed by atoms with van der Waals surface area (Å²) < 4.78 is 49.2. The zero-order valence-electron chi connectivity index (χ0n) is 15.7. The maximum absolute atomic E-state index is 13.3. The monoisotopic (exact) mass is 407 g/mol. The molecule has 1 amide bonds. The Balaban J connectivity index is 1.88. The molecule has 1 heterocycles. The molecule has 2 aromatic carbocycles. The fourth-order valence-corrected chi connectivity index (χ4v) is 4.79. The SMILES string of the molecule is COc1ccc(S(=O)(=O)C[C@H]2CCOC2)cc1C(=O)Nc1ccc(F)cc1C. The zero-order chi connectivity index (χ0) is 20.3. The van der Waals surface area contributed by atoms with E-state index in [2.05, 4.69) is 5.32 Å². The Hall–Kier alpha value is -2.45. The fraction of sp³-hybridized carbons (Fsp3) is 0.350. The largest absolute Gasteiger partial charge is 0.496 e. The lowest BCUT2D eigenvalue weighted by Gasteiger charge is -2.14. The molecule has 1 atom stereocenters. The number of hydrogen-bond acceptors (Lipinski definition) is 5. The highest BCUT2D eigenvalue weighted by Crippen LogP contribution is 2.27. The quantitative estimate of drug-likeness (QED) is 0.795. The van der Waals surface area contributed by atoms with Gasteiger partial charge in [0.15, 0.2) is 9.84 Å². The fourth-order valence-electron chi connectivity index (χ4n) is 3.14. The molecule has 0 radical (unpaired) electrons. The van der Waals surface area contributed by atoms with Gasteiger partial charge in [0.1, 0.15) is 11.6 Å². The van der Waals surface area contributed by atoms with Crippen molar-refractivity contribution < 1.29 is 27.1 Å². The highest BCUT2D eigenvalue weighted by Gasteiger charge is 2.26. The van der Waals surface area contributed by atoms with Gasteiger partial charge in [0, 0.05) is 12.3 Å². The predicted octanol–water partition coefficient (Wildman–Crippen LogP) is 3.21. The second-order valence-corrected chi connectivity index (χ2v) is 8.82. The third-order valence-electron chi connectivity index (χ3n) is 4.69. The number of benzene rings is 2. The topological polar surface area (TPSA) is 81.7 Å². The lowest BCUT2D eigenvalue weighted by atomic mass is 10.1. The van der Waals surface area contributed by atoms with E-state index >= 15 is 0 Å². The van der Waals surface area contributed by atoms with Gasteiger partial charge in [-0.3, -0.25) is 4.79 Å². The van der Waals surface area contributed by atoms with Crippen molar-refractivity contribution in [2.45, 2.75) is 18.2 Å². The molecule has 0 spiro atoms. The summed E-state index contributed by atoms with van der Waals surface area (Å²) in [4.78, 5) is 12.8. The number of amides is 1. The van der Waals surface area contributed by atoms with Crippen LogP contribution in [-0.4, -0.2) is 40.4 Å². The minimum Gasteiger partial charge on any atom is -0.496 e. The van der Waals surface area contributed by atoms with E-state index in [1.54, 1.807) is 6.92 Å².